The molecule has 7 nitrogen and oxygen atoms in total. The minimum absolute atomic E-state index is 0.0450. The predicted octanol–water partition coefficient (Wildman–Crippen LogP) is 0.819. The highest BCUT2D eigenvalue weighted by atomic mass is 32.2. The van der Waals surface area contributed by atoms with Crippen LogP contribution in [0.3, 0.4) is 0 Å². The fraction of sp³-hybridized carbons (Fsp3) is 0.800. The highest BCUT2D eigenvalue weighted by Crippen LogP contribution is 2.26. The number of morpholine rings is 1. The topological polar surface area (TPSA) is 83.1 Å². The largest absolute Gasteiger partial charge is 0.375 e. The van der Waals surface area contributed by atoms with Gasteiger partial charge in [0.2, 0.25) is 11.1 Å². The molecule has 0 bridgehead atoms. The second kappa shape index (κ2) is 7.19. The summed E-state index contributed by atoms with van der Waals surface area (Å²) in [5, 5.41) is 10.6. The van der Waals surface area contributed by atoms with Crippen molar-refractivity contribution in [3.05, 3.63) is 5.82 Å². The van der Waals surface area contributed by atoms with E-state index in [-0.39, 0.29) is 11.9 Å². The number of hydrogen-bond acceptors (Lipinski definition) is 6. The summed E-state index contributed by atoms with van der Waals surface area (Å²) in [4.78, 5) is 18.8. The first-order chi connectivity index (χ1) is 11.0. The number of nitrogens with zero attached hydrogens (tertiary/aromatic N) is 3. The van der Waals surface area contributed by atoms with Gasteiger partial charge in [0.1, 0.15) is 5.82 Å². The minimum atomic E-state index is 0.0450. The van der Waals surface area contributed by atoms with E-state index < -0.39 is 0 Å². The SMILES string of the molecule is Cc1nc(SCC(=O)N[C@H]2C[C@H]3CO[C@H](C(C)C)CN3C2)n[nH]1. The molecular formula is C15H25N5O2S. The molecule has 3 rings (SSSR count). The van der Waals surface area contributed by atoms with Crippen LogP contribution in [-0.2, 0) is 9.53 Å². The molecule has 1 amide bonds. The number of carbonyl (C=O) groups is 1. The van der Waals surface area contributed by atoms with Gasteiger partial charge in [-0.25, -0.2) is 4.98 Å². The molecule has 2 saturated heterocycles. The first kappa shape index (κ1) is 16.7. The molecule has 2 fully saturated rings. The number of thioether (sulfide) groups is 1. The van der Waals surface area contributed by atoms with Crippen molar-refractivity contribution < 1.29 is 9.53 Å². The third-order valence-electron chi connectivity index (χ3n) is 4.46. The molecule has 0 radical (unpaired) electrons. The van der Waals surface area contributed by atoms with Crippen LogP contribution in [-0.4, -0.2) is 69.6 Å². The zero-order chi connectivity index (χ0) is 16.4. The van der Waals surface area contributed by atoms with Crippen molar-refractivity contribution in [1.82, 2.24) is 25.4 Å². The van der Waals surface area contributed by atoms with Gasteiger partial charge in [0.15, 0.2) is 0 Å². The van der Waals surface area contributed by atoms with Crippen LogP contribution in [0, 0.1) is 12.8 Å². The van der Waals surface area contributed by atoms with E-state index in [1.165, 1.54) is 11.8 Å². The second-order valence-electron chi connectivity index (χ2n) is 6.72. The number of carbonyl (C=O) groups excluding carboxylic acids is 1. The monoisotopic (exact) mass is 339 g/mol. The van der Waals surface area contributed by atoms with Gasteiger partial charge in [-0.2, -0.15) is 0 Å². The lowest BCUT2D eigenvalue weighted by Crippen LogP contribution is -2.48. The Morgan fingerprint density at radius 2 is 2.35 bits per heavy atom. The van der Waals surface area contributed by atoms with Crippen LogP contribution in [0.15, 0.2) is 5.16 Å². The summed E-state index contributed by atoms with van der Waals surface area (Å²) in [6, 6.07) is 0.662. The Bertz CT molecular complexity index is 550. The van der Waals surface area contributed by atoms with E-state index in [0.717, 1.165) is 31.9 Å². The quantitative estimate of drug-likeness (QED) is 0.773. The van der Waals surface area contributed by atoms with Crippen LogP contribution in [0.2, 0.25) is 0 Å². The Balaban J connectivity index is 1.43. The highest BCUT2D eigenvalue weighted by Gasteiger charge is 2.38. The van der Waals surface area contributed by atoms with E-state index in [2.05, 4.69) is 39.2 Å². The third kappa shape index (κ3) is 4.24. The number of aryl methyl sites for hydroxylation is 1. The molecule has 1 aromatic rings. The average Bonchev–Trinajstić information content (AvgIpc) is 3.09. The maximum atomic E-state index is 12.1. The number of amides is 1. The van der Waals surface area contributed by atoms with Crippen molar-refractivity contribution in [2.45, 2.75) is 50.5 Å². The molecule has 3 atom stereocenters. The number of nitrogens with one attached hydrogen (secondary N) is 2. The summed E-state index contributed by atoms with van der Waals surface area (Å²) in [7, 11) is 0. The van der Waals surface area contributed by atoms with Crippen molar-refractivity contribution in [2.24, 2.45) is 5.92 Å². The van der Waals surface area contributed by atoms with Crippen LogP contribution >= 0.6 is 11.8 Å². The lowest BCUT2D eigenvalue weighted by Gasteiger charge is -2.36. The Kier molecular flexibility index (Phi) is 5.23. The van der Waals surface area contributed by atoms with E-state index in [9.17, 15) is 4.79 Å². The number of ether oxygens (including phenoxy) is 1. The molecule has 0 aromatic carbocycles. The molecule has 2 N–H and O–H groups in total. The van der Waals surface area contributed by atoms with Gasteiger partial charge in [0, 0.05) is 25.2 Å². The summed E-state index contributed by atoms with van der Waals surface area (Å²) in [5.74, 6) is 1.69. The molecule has 3 heterocycles. The van der Waals surface area contributed by atoms with Crippen LogP contribution < -0.4 is 5.32 Å². The molecule has 0 spiro atoms. The standard InChI is InChI=1S/C15H25N5O2S/c1-9(2)13-6-20-5-11(4-12(20)7-22-13)17-14(21)8-23-15-16-10(3)18-19-15/h9,11-13H,4-8H2,1-3H3,(H,17,21)(H,16,18,19)/t11-,12-,13-/m0/s1. The van der Waals surface area contributed by atoms with Crippen LogP contribution in [0.5, 0.6) is 0 Å². The highest BCUT2D eigenvalue weighted by molar-refractivity contribution is 7.99. The van der Waals surface area contributed by atoms with Gasteiger partial charge < -0.3 is 10.1 Å². The van der Waals surface area contributed by atoms with Crippen LogP contribution in [0.25, 0.3) is 0 Å². The van der Waals surface area contributed by atoms with E-state index >= 15 is 0 Å². The number of aromatic nitrogens is 3. The number of rotatable bonds is 5. The van der Waals surface area contributed by atoms with Gasteiger partial charge in [-0.3, -0.25) is 14.8 Å². The molecule has 23 heavy (non-hydrogen) atoms. The van der Waals surface area contributed by atoms with Gasteiger partial charge in [-0.15, -0.1) is 5.10 Å². The Labute approximate surface area is 140 Å². The number of aromatic amines is 1. The van der Waals surface area contributed by atoms with Crippen LogP contribution in [0.1, 0.15) is 26.1 Å². The summed E-state index contributed by atoms with van der Waals surface area (Å²) in [6.07, 6.45) is 1.28. The average molecular weight is 339 g/mol. The Hall–Kier alpha value is -1.12. The first-order valence-corrected chi connectivity index (χ1v) is 9.16. The van der Waals surface area contributed by atoms with Crippen molar-refractivity contribution in [1.29, 1.82) is 0 Å². The molecule has 128 valence electrons. The smallest absolute Gasteiger partial charge is 0.230 e. The van der Waals surface area contributed by atoms with E-state index in [4.69, 9.17) is 4.74 Å². The lowest BCUT2D eigenvalue weighted by molar-refractivity contribution is -0.119. The summed E-state index contributed by atoms with van der Waals surface area (Å²) in [5.41, 5.74) is 0. The minimum Gasteiger partial charge on any atom is -0.375 e. The molecule has 0 saturated carbocycles. The van der Waals surface area contributed by atoms with Crippen molar-refractivity contribution in [3.63, 3.8) is 0 Å². The second-order valence-corrected chi connectivity index (χ2v) is 7.66. The van der Waals surface area contributed by atoms with Crippen LogP contribution in [0.4, 0.5) is 0 Å². The molecule has 2 aliphatic rings. The van der Waals surface area contributed by atoms with Gasteiger partial charge >= 0.3 is 0 Å². The molecule has 8 heteroatoms. The lowest BCUT2D eigenvalue weighted by atomic mass is 10.0. The number of fused-ring (bicyclic) bond motifs is 1. The Morgan fingerprint density at radius 1 is 1.52 bits per heavy atom. The van der Waals surface area contributed by atoms with E-state index in [1.54, 1.807) is 0 Å². The maximum absolute atomic E-state index is 12.1. The molecule has 2 aliphatic heterocycles. The van der Waals surface area contributed by atoms with Gasteiger partial charge in [-0.05, 0) is 19.3 Å². The normalized spacial score (nSPS) is 28.1. The molecular weight excluding hydrogens is 314 g/mol. The molecule has 1 aromatic heterocycles. The number of H-pyrrole nitrogens is 1. The fourth-order valence-electron chi connectivity index (χ4n) is 3.19. The van der Waals surface area contributed by atoms with Crippen molar-refractivity contribution in [3.8, 4) is 0 Å². The van der Waals surface area contributed by atoms with E-state index in [1.807, 2.05) is 6.92 Å². The van der Waals surface area contributed by atoms with Crippen molar-refractivity contribution >= 4 is 17.7 Å². The molecule has 0 aliphatic carbocycles. The Morgan fingerprint density at radius 3 is 3.04 bits per heavy atom. The van der Waals surface area contributed by atoms with Gasteiger partial charge in [0.05, 0.1) is 18.5 Å². The molecule has 0 unspecified atom stereocenters. The zero-order valence-electron chi connectivity index (χ0n) is 13.9. The third-order valence-corrected chi connectivity index (χ3v) is 5.31. The number of hydrogen-bond donors (Lipinski definition) is 2. The van der Waals surface area contributed by atoms with Gasteiger partial charge in [-0.1, -0.05) is 25.6 Å². The summed E-state index contributed by atoms with van der Waals surface area (Å²) >= 11 is 1.36. The maximum Gasteiger partial charge on any atom is 0.230 e. The first-order valence-electron chi connectivity index (χ1n) is 8.18. The predicted molar refractivity (Wildman–Crippen MR) is 88.3 cm³/mol. The van der Waals surface area contributed by atoms with E-state index in [0.29, 0.717) is 29.0 Å². The fourth-order valence-corrected chi connectivity index (χ4v) is 3.85. The van der Waals surface area contributed by atoms with Gasteiger partial charge in [0.25, 0.3) is 0 Å². The summed E-state index contributed by atoms with van der Waals surface area (Å²) in [6.45, 7) is 8.91. The summed E-state index contributed by atoms with van der Waals surface area (Å²) < 4.78 is 5.94. The van der Waals surface area contributed by atoms with Crippen molar-refractivity contribution in [2.75, 3.05) is 25.4 Å². The zero-order valence-corrected chi connectivity index (χ0v) is 14.7.